The highest BCUT2D eigenvalue weighted by molar-refractivity contribution is 5.42. The third-order valence-electron chi connectivity index (χ3n) is 3.93. The number of para-hydroxylation sites is 1. The van der Waals surface area contributed by atoms with Crippen LogP contribution in [0.5, 0.6) is 17.2 Å². The molecule has 0 bridgehead atoms. The molecule has 0 saturated carbocycles. The molecular weight excluding hydrogens is 302 g/mol. The lowest BCUT2D eigenvalue weighted by atomic mass is 10.1. The van der Waals surface area contributed by atoms with Crippen LogP contribution in [0.2, 0.25) is 0 Å². The molecule has 2 rings (SSSR count). The van der Waals surface area contributed by atoms with Crippen molar-refractivity contribution in [3.63, 3.8) is 0 Å². The second kappa shape index (κ2) is 9.83. The van der Waals surface area contributed by atoms with Crippen molar-refractivity contribution in [2.45, 2.75) is 12.8 Å². The Balaban J connectivity index is 1.68. The summed E-state index contributed by atoms with van der Waals surface area (Å²) >= 11 is 0. The van der Waals surface area contributed by atoms with E-state index in [1.165, 1.54) is 5.56 Å². The first-order valence-corrected chi connectivity index (χ1v) is 8.30. The molecule has 0 saturated heterocycles. The van der Waals surface area contributed by atoms with Crippen LogP contribution in [0.15, 0.2) is 48.5 Å². The van der Waals surface area contributed by atoms with Gasteiger partial charge in [0.2, 0.25) is 0 Å². The Labute approximate surface area is 145 Å². The van der Waals surface area contributed by atoms with Gasteiger partial charge in [-0.3, -0.25) is 0 Å². The summed E-state index contributed by atoms with van der Waals surface area (Å²) in [4.78, 5) is 2.32. The van der Waals surface area contributed by atoms with Gasteiger partial charge in [-0.05, 0) is 49.7 Å². The number of nitrogens with zero attached hydrogens (tertiary/aromatic N) is 1. The maximum Gasteiger partial charge on any atom is 0.160 e. The molecule has 0 aromatic heterocycles. The molecule has 0 atom stereocenters. The Morgan fingerprint density at radius 2 is 1.62 bits per heavy atom. The minimum atomic E-state index is 0.741. The van der Waals surface area contributed by atoms with Gasteiger partial charge in [0, 0.05) is 13.1 Å². The van der Waals surface area contributed by atoms with Crippen molar-refractivity contribution < 1.29 is 14.2 Å². The quantitative estimate of drug-likeness (QED) is 0.623. The monoisotopic (exact) mass is 329 g/mol. The molecule has 130 valence electrons. The van der Waals surface area contributed by atoms with Crippen molar-refractivity contribution in [3.8, 4) is 17.2 Å². The minimum Gasteiger partial charge on any atom is -0.494 e. The Morgan fingerprint density at radius 1 is 0.875 bits per heavy atom. The van der Waals surface area contributed by atoms with Gasteiger partial charge in [0.1, 0.15) is 5.75 Å². The van der Waals surface area contributed by atoms with Crippen molar-refractivity contribution in [1.82, 2.24) is 4.90 Å². The number of benzene rings is 2. The zero-order valence-electron chi connectivity index (χ0n) is 14.8. The van der Waals surface area contributed by atoms with Crippen molar-refractivity contribution in [2.75, 3.05) is 41.0 Å². The molecule has 0 amide bonds. The van der Waals surface area contributed by atoms with Crippen molar-refractivity contribution >= 4 is 0 Å². The molecule has 0 aliphatic heterocycles. The third-order valence-corrected chi connectivity index (χ3v) is 3.93. The molecule has 0 N–H and O–H groups in total. The highest BCUT2D eigenvalue weighted by atomic mass is 16.5. The summed E-state index contributed by atoms with van der Waals surface area (Å²) in [5, 5.41) is 0. The van der Waals surface area contributed by atoms with Crippen molar-refractivity contribution in [1.29, 1.82) is 0 Å². The van der Waals surface area contributed by atoms with E-state index < -0.39 is 0 Å². The molecule has 2 aromatic carbocycles. The Morgan fingerprint density at radius 3 is 2.33 bits per heavy atom. The van der Waals surface area contributed by atoms with E-state index in [9.17, 15) is 0 Å². The number of methoxy groups -OCH3 is 2. The summed E-state index contributed by atoms with van der Waals surface area (Å²) in [6.45, 7) is 2.76. The van der Waals surface area contributed by atoms with Crippen molar-refractivity contribution in [2.24, 2.45) is 0 Å². The summed E-state index contributed by atoms with van der Waals surface area (Å²) in [5.41, 5.74) is 1.25. The summed E-state index contributed by atoms with van der Waals surface area (Å²) < 4.78 is 16.3. The van der Waals surface area contributed by atoms with E-state index in [2.05, 4.69) is 18.0 Å². The minimum absolute atomic E-state index is 0.741. The molecule has 0 heterocycles. The summed E-state index contributed by atoms with van der Waals surface area (Å²) in [6.07, 6.45) is 1.99. The molecule has 4 nitrogen and oxygen atoms in total. The van der Waals surface area contributed by atoms with Crippen LogP contribution in [-0.2, 0) is 6.42 Å². The molecule has 4 heteroatoms. The molecule has 0 unspecified atom stereocenters. The zero-order chi connectivity index (χ0) is 17.2. The summed E-state index contributed by atoms with van der Waals surface area (Å²) in [5.74, 6) is 2.49. The lowest BCUT2D eigenvalue weighted by molar-refractivity contribution is 0.264. The second-order valence-electron chi connectivity index (χ2n) is 5.76. The van der Waals surface area contributed by atoms with Crippen molar-refractivity contribution in [3.05, 3.63) is 54.1 Å². The van der Waals surface area contributed by atoms with E-state index in [-0.39, 0.29) is 0 Å². The topological polar surface area (TPSA) is 30.9 Å². The third kappa shape index (κ3) is 5.78. The Hall–Kier alpha value is -2.20. The van der Waals surface area contributed by atoms with Gasteiger partial charge in [0.05, 0.1) is 20.8 Å². The highest BCUT2D eigenvalue weighted by Gasteiger charge is 2.06. The number of hydrogen-bond donors (Lipinski definition) is 0. The van der Waals surface area contributed by atoms with E-state index in [1.807, 2.05) is 42.5 Å². The van der Waals surface area contributed by atoms with Crippen LogP contribution in [0.25, 0.3) is 0 Å². The van der Waals surface area contributed by atoms with Crippen LogP contribution >= 0.6 is 0 Å². The fourth-order valence-electron chi connectivity index (χ4n) is 2.51. The van der Waals surface area contributed by atoms with E-state index in [0.29, 0.717) is 0 Å². The normalized spacial score (nSPS) is 10.7. The average Bonchev–Trinajstić information content (AvgIpc) is 2.64. The van der Waals surface area contributed by atoms with Gasteiger partial charge in [-0.25, -0.2) is 0 Å². The van der Waals surface area contributed by atoms with Gasteiger partial charge in [-0.15, -0.1) is 0 Å². The van der Waals surface area contributed by atoms with E-state index >= 15 is 0 Å². The molecule has 2 aromatic rings. The number of rotatable bonds is 10. The first kappa shape index (κ1) is 18.1. The second-order valence-corrected chi connectivity index (χ2v) is 5.76. The molecular formula is C20H27NO3. The first-order valence-electron chi connectivity index (χ1n) is 8.30. The van der Waals surface area contributed by atoms with Gasteiger partial charge in [0.25, 0.3) is 0 Å². The van der Waals surface area contributed by atoms with E-state index in [4.69, 9.17) is 14.2 Å². The van der Waals surface area contributed by atoms with Gasteiger partial charge in [-0.1, -0.05) is 24.3 Å². The largest absolute Gasteiger partial charge is 0.494 e. The lowest BCUT2D eigenvalue weighted by Crippen LogP contribution is -2.23. The van der Waals surface area contributed by atoms with Crippen LogP contribution in [-0.4, -0.2) is 45.9 Å². The maximum atomic E-state index is 5.72. The van der Waals surface area contributed by atoms with E-state index in [0.717, 1.165) is 49.8 Å². The van der Waals surface area contributed by atoms with Crippen LogP contribution in [0, 0.1) is 0 Å². The molecule has 0 fully saturated rings. The standard InChI is InChI=1S/C20H27NO3/c1-21(13-7-15-24-18-8-5-4-6-9-18)14-12-17-10-11-19(22-2)20(16-17)23-3/h4-6,8-11,16H,7,12-15H2,1-3H3. The van der Waals surface area contributed by atoms with Crippen LogP contribution in [0.3, 0.4) is 0 Å². The predicted molar refractivity (Wildman–Crippen MR) is 97.3 cm³/mol. The molecule has 0 spiro atoms. The molecule has 0 radical (unpaired) electrons. The molecule has 24 heavy (non-hydrogen) atoms. The molecule has 0 aliphatic carbocycles. The van der Waals surface area contributed by atoms with Gasteiger partial charge >= 0.3 is 0 Å². The van der Waals surface area contributed by atoms with Gasteiger partial charge < -0.3 is 19.1 Å². The number of ether oxygens (including phenoxy) is 3. The predicted octanol–water partition coefficient (Wildman–Crippen LogP) is 3.65. The lowest BCUT2D eigenvalue weighted by Gasteiger charge is -2.17. The number of hydrogen-bond acceptors (Lipinski definition) is 4. The van der Waals surface area contributed by atoms with Gasteiger partial charge in [-0.2, -0.15) is 0 Å². The summed E-state index contributed by atoms with van der Waals surface area (Å²) in [6, 6.07) is 16.0. The summed E-state index contributed by atoms with van der Waals surface area (Å²) in [7, 11) is 5.46. The SMILES string of the molecule is COc1ccc(CCN(C)CCCOc2ccccc2)cc1OC. The maximum absolute atomic E-state index is 5.72. The fourth-order valence-corrected chi connectivity index (χ4v) is 2.51. The van der Waals surface area contributed by atoms with Gasteiger partial charge in [0.15, 0.2) is 11.5 Å². The first-order chi connectivity index (χ1) is 11.7. The number of likely N-dealkylation sites (N-methyl/N-ethyl adjacent to an activating group) is 1. The Kier molecular flexibility index (Phi) is 7.43. The van der Waals surface area contributed by atoms with Crippen LogP contribution in [0.4, 0.5) is 0 Å². The smallest absolute Gasteiger partial charge is 0.160 e. The van der Waals surface area contributed by atoms with Crippen LogP contribution in [0.1, 0.15) is 12.0 Å². The van der Waals surface area contributed by atoms with Crippen LogP contribution < -0.4 is 14.2 Å². The fraction of sp³-hybridized carbons (Fsp3) is 0.400. The van der Waals surface area contributed by atoms with E-state index in [1.54, 1.807) is 14.2 Å². The average molecular weight is 329 g/mol. The Bertz CT molecular complexity index is 601. The highest BCUT2D eigenvalue weighted by Crippen LogP contribution is 2.27. The zero-order valence-corrected chi connectivity index (χ0v) is 14.8. The molecule has 0 aliphatic rings.